The highest BCUT2D eigenvalue weighted by molar-refractivity contribution is 9.09. The summed E-state index contributed by atoms with van der Waals surface area (Å²) < 4.78 is 5.84. The molecule has 1 aliphatic carbocycles. The Morgan fingerprint density at radius 3 is 2.55 bits per heavy atom. The number of rotatable bonds is 2. The second-order valence-corrected chi connectivity index (χ2v) is 7.87. The number of carbonyl (C=O) groups is 1. The molecule has 0 amide bonds. The summed E-state index contributed by atoms with van der Waals surface area (Å²) in [5, 5.41) is 0. The summed E-state index contributed by atoms with van der Waals surface area (Å²) in [6, 6.07) is 10.2. The molecule has 3 rings (SSSR count). The molecule has 1 saturated carbocycles. The highest BCUT2D eigenvalue weighted by atomic mass is 79.9. The van der Waals surface area contributed by atoms with Crippen LogP contribution in [-0.4, -0.2) is 12.1 Å². The summed E-state index contributed by atoms with van der Waals surface area (Å²) in [5.41, 5.74) is 0.849. The summed E-state index contributed by atoms with van der Waals surface area (Å²) >= 11 is 3.77. The zero-order valence-electron chi connectivity index (χ0n) is 12.2. The average Bonchev–Trinajstić information content (AvgIpc) is 2.58. The lowest BCUT2D eigenvalue weighted by Gasteiger charge is -2.48. The molecule has 1 saturated heterocycles. The van der Waals surface area contributed by atoms with E-state index in [9.17, 15) is 4.79 Å². The molecule has 0 aromatic heterocycles. The fraction of sp³-hybridized carbons (Fsp3) is 0.588. The molecule has 2 bridgehead atoms. The van der Waals surface area contributed by atoms with Gasteiger partial charge in [-0.1, -0.05) is 60.1 Å². The molecule has 3 heteroatoms. The number of halogens is 1. The summed E-state index contributed by atoms with van der Waals surface area (Å²) in [7, 11) is 0. The number of hydrogen-bond donors (Lipinski definition) is 0. The van der Waals surface area contributed by atoms with Crippen molar-refractivity contribution in [1.29, 1.82) is 0 Å². The number of benzene rings is 1. The van der Waals surface area contributed by atoms with Crippen LogP contribution in [0.25, 0.3) is 0 Å². The Morgan fingerprint density at radius 2 is 1.90 bits per heavy atom. The first-order chi connectivity index (χ1) is 9.38. The van der Waals surface area contributed by atoms with Crippen LogP contribution in [0.3, 0.4) is 0 Å². The summed E-state index contributed by atoms with van der Waals surface area (Å²) in [5.74, 6) is 0.386. The van der Waals surface area contributed by atoms with E-state index in [0.29, 0.717) is 5.92 Å². The monoisotopic (exact) mass is 336 g/mol. The van der Waals surface area contributed by atoms with E-state index >= 15 is 0 Å². The molecular weight excluding hydrogens is 316 g/mol. The number of fused-ring (bicyclic) bond motifs is 2. The maximum absolute atomic E-state index is 12.5. The van der Waals surface area contributed by atoms with E-state index in [2.05, 4.69) is 48.8 Å². The standard InChI is InChI=1S/C17H21BrO2/c1-16(2)12-9-10-17(16,3)15(19)20-14(12)13(18)11-7-5-4-6-8-11/h4-8,12-14H,9-10H2,1-3H3/t12-,13+,14-,17-/m0/s1. The van der Waals surface area contributed by atoms with E-state index in [4.69, 9.17) is 4.74 Å². The van der Waals surface area contributed by atoms with Gasteiger partial charge in [0.05, 0.1) is 10.2 Å². The molecule has 0 unspecified atom stereocenters. The van der Waals surface area contributed by atoms with E-state index in [0.717, 1.165) is 12.8 Å². The van der Waals surface area contributed by atoms with Crippen molar-refractivity contribution in [2.45, 2.75) is 44.5 Å². The Bertz CT molecular complexity index is 525. The van der Waals surface area contributed by atoms with Crippen LogP contribution < -0.4 is 0 Å². The number of hydrogen-bond acceptors (Lipinski definition) is 2. The van der Waals surface area contributed by atoms with Crippen molar-refractivity contribution in [2.75, 3.05) is 0 Å². The molecule has 1 heterocycles. The quantitative estimate of drug-likeness (QED) is 0.587. The van der Waals surface area contributed by atoms with Crippen LogP contribution >= 0.6 is 15.9 Å². The minimum Gasteiger partial charge on any atom is -0.460 e. The Kier molecular flexibility index (Phi) is 3.24. The van der Waals surface area contributed by atoms with Gasteiger partial charge in [-0.3, -0.25) is 4.79 Å². The molecule has 20 heavy (non-hydrogen) atoms. The van der Waals surface area contributed by atoms with E-state index in [1.165, 1.54) is 5.56 Å². The summed E-state index contributed by atoms with van der Waals surface area (Å²) in [6.07, 6.45) is 1.93. The minimum atomic E-state index is -0.322. The Hall–Kier alpha value is -0.830. The molecule has 2 nitrogen and oxygen atoms in total. The van der Waals surface area contributed by atoms with Crippen LogP contribution in [0.15, 0.2) is 30.3 Å². The molecule has 2 aliphatic rings. The van der Waals surface area contributed by atoms with Crippen LogP contribution in [-0.2, 0) is 9.53 Å². The maximum atomic E-state index is 12.5. The number of cyclic esters (lactones) is 1. The smallest absolute Gasteiger partial charge is 0.312 e. The van der Waals surface area contributed by atoms with Crippen LogP contribution in [0.5, 0.6) is 0 Å². The van der Waals surface area contributed by atoms with Crippen molar-refractivity contribution >= 4 is 21.9 Å². The van der Waals surface area contributed by atoms with Gasteiger partial charge < -0.3 is 4.74 Å². The molecule has 2 fully saturated rings. The molecule has 1 aromatic carbocycles. The van der Waals surface area contributed by atoms with Gasteiger partial charge in [0.15, 0.2) is 0 Å². The molecular formula is C17H21BrO2. The predicted octanol–water partition coefficient (Wildman–Crippen LogP) is 4.49. The number of ether oxygens (including phenoxy) is 1. The van der Waals surface area contributed by atoms with Crippen molar-refractivity contribution in [1.82, 2.24) is 0 Å². The highest BCUT2D eigenvalue weighted by Crippen LogP contribution is 2.62. The van der Waals surface area contributed by atoms with Gasteiger partial charge in [0.2, 0.25) is 0 Å². The Morgan fingerprint density at radius 1 is 1.25 bits per heavy atom. The maximum Gasteiger partial charge on any atom is 0.312 e. The van der Waals surface area contributed by atoms with Crippen molar-refractivity contribution in [2.24, 2.45) is 16.7 Å². The van der Waals surface area contributed by atoms with Crippen molar-refractivity contribution in [3.05, 3.63) is 35.9 Å². The Labute approximate surface area is 129 Å². The molecule has 1 aliphatic heterocycles. The van der Waals surface area contributed by atoms with Gasteiger partial charge in [-0.15, -0.1) is 0 Å². The normalized spacial score (nSPS) is 36.5. The van der Waals surface area contributed by atoms with Gasteiger partial charge in [-0.05, 0) is 30.7 Å². The number of carbonyl (C=O) groups excluding carboxylic acids is 1. The molecule has 0 N–H and O–H groups in total. The third-order valence-corrected chi connectivity index (χ3v) is 6.85. The summed E-state index contributed by atoms with van der Waals surface area (Å²) in [6.45, 7) is 6.52. The predicted molar refractivity (Wildman–Crippen MR) is 82.6 cm³/mol. The van der Waals surface area contributed by atoms with Gasteiger partial charge in [-0.2, -0.15) is 0 Å². The van der Waals surface area contributed by atoms with Crippen LogP contribution in [0.1, 0.15) is 44.0 Å². The van der Waals surface area contributed by atoms with Crippen LogP contribution in [0, 0.1) is 16.7 Å². The first-order valence-corrected chi connectivity index (χ1v) is 8.19. The SMILES string of the molecule is CC1(C)[C@H]2CC[C@@]1(C)C(=O)O[C@@H]2[C@H](Br)c1ccccc1. The molecule has 4 atom stereocenters. The lowest BCUT2D eigenvalue weighted by molar-refractivity contribution is -0.186. The molecule has 108 valence electrons. The first kappa shape index (κ1) is 14.1. The number of alkyl halides is 1. The molecule has 0 spiro atoms. The molecule has 0 radical (unpaired) electrons. The van der Waals surface area contributed by atoms with Crippen molar-refractivity contribution in [3.63, 3.8) is 0 Å². The first-order valence-electron chi connectivity index (χ1n) is 7.28. The Balaban J connectivity index is 1.95. The van der Waals surface area contributed by atoms with Crippen LogP contribution in [0.2, 0.25) is 0 Å². The number of esters is 1. The van der Waals surface area contributed by atoms with E-state index in [-0.39, 0.29) is 27.7 Å². The van der Waals surface area contributed by atoms with Gasteiger partial charge in [0, 0.05) is 5.92 Å². The third kappa shape index (κ3) is 1.78. The fourth-order valence-electron chi connectivity index (χ4n) is 3.90. The highest BCUT2D eigenvalue weighted by Gasteiger charge is 2.64. The summed E-state index contributed by atoms with van der Waals surface area (Å²) in [4.78, 5) is 12.6. The zero-order valence-corrected chi connectivity index (χ0v) is 13.8. The second-order valence-electron chi connectivity index (χ2n) is 6.88. The van der Waals surface area contributed by atoms with Gasteiger partial charge in [0.25, 0.3) is 0 Å². The third-order valence-electron chi connectivity index (χ3n) is 5.80. The van der Waals surface area contributed by atoms with E-state index in [1.807, 2.05) is 18.2 Å². The van der Waals surface area contributed by atoms with Gasteiger partial charge >= 0.3 is 5.97 Å². The topological polar surface area (TPSA) is 26.3 Å². The average molecular weight is 337 g/mol. The second kappa shape index (κ2) is 4.59. The van der Waals surface area contributed by atoms with Crippen molar-refractivity contribution in [3.8, 4) is 0 Å². The largest absolute Gasteiger partial charge is 0.460 e. The van der Waals surface area contributed by atoms with Gasteiger partial charge in [-0.25, -0.2) is 0 Å². The lowest BCUT2D eigenvalue weighted by Crippen LogP contribution is -2.52. The molecule has 1 aromatic rings. The minimum absolute atomic E-state index is 0.00615. The van der Waals surface area contributed by atoms with Crippen LogP contribution in [0.4, 0.5) is 0 Å². The van der Waals surface area contributed by atoms with Crippen molar-refractivity contribution < 1.29 is 9.53 Å². The lowest BCUT2D eigenvalue weighted by atomic mass is 9.62. The zero-order chi connectivity index (χ0) is 14.5. The van der Waals surface area contributed by atoms with E-state index in [1.54, 1.807) is 0 Å². The fourth-order valence-corrected chi connectivity index (χ4v) is 4.68. The van der Waals surface area contributed by atoms with Gasteiger partial charge in [0.1, 0.15) is 6.10 Å². The van der Waals surface area contributed by atoms with E-state index < -0.39 is 0 Å².